The molecule has 0 aromatic carbocycles. The lowest BCUT2D eigenvalue weighted by molar-refractivity contribution is -0.119. The van der Waals surface area contributed by atoms with Crippen molar-refractivity contribution in [2.75, 3.05) is 31.5 Å². The predicted molar refractivity (Wildman–Crippen MR) is 87.2 cm³/mol. The molecule has 1 amide bonds. The van der Waals surface area contributed by atoms with E-state index in [1.807, 2.05) is 0 Å². The molecule has 1 aliphatic heterocycles. The molecule has 4 heteroatoms. The van der Waals surface area contributed by atoms with Crippen LogP contribution < -0.4 is 5.32 Å². The quantitative estimate of drug-likeness (QED) is 0.776. The number of hydrogen-bond donors (Lipinski definition) is 1. The standard InChI is InChI=1S/C16H29BrN2O/c1-14(20)18-11-15-5-9-19(10-6-15)13-16(12-17)7-3-2-4-8-16/h15H,2-13H2,1H3,(H,18,20). The monoisotopic (exact) mass is 344 g/mol. The van der Waals surface area contributed by atoms with Crippen LogP contribution >= 0.6 is 15.9 Å². The van der Waals surface area contributed by atoms with Crippen LogP contribution in [-0.2, 0) is 4.79 Å². The zero-order valence-electron chi connectivity index (χ0n) is 12.8. The lowest BCUT2D eigenvalue weighted by Crippen LogP contribution is -2.45. The second kappa shape index (κ2) is 7.79. The Kier molecular flexibility index (Phi) is 6.34. The van der Waals surface area contributed by atoms with Gasteiger partial charge in [-0.3, -0.25) is 4.79 Å². The molecule has 0 aromatic heterocycles. The molecular weight excluding hydrogens is 316 g/mol. The number of nitrogens with zero attached hydrogens (tertiary/aromatic N) is 1. The third kappa shape index (κ3) is 4.73. The second-order valence-electron chi connectivity index (χ2n) is 6.85. The Morgan fingerprint density at radius 1 is 1.25 bits per heavy atom. The number of hydrogen-bond acceptors (Lipinski definition) is 2. The van der Waals surface area contributed by atoms with E-state index >= 15 is 0 Å². The van der Waals surface area contributed by atoms with Crippen LogP contribution in [0.5, 0.6) is 0 Å². The molecule has 3 nitrogen and oxygen atoms in total. The lowest BCUT2D eigenvalue weighted by Gasteiger charge is -2.42. The van der Waals surface area contributed by atoms with E-state index in [0.29, 0.717) is 11.3 Å². The average molecular weight is 345 g/mol. The first-order chi connectivity index (χ1) is 9.63. The van der Waals surface area contributed by atoms with Crippen LogP contribution in [-0.4, -0.2) is 42.3 Å². The lowest BCUT2D eigenvalue weighted by atomic mass is 9.75. The molecule has 1 saturated heterocycles. The molecule has 1 heterocycles. The maximum Gasteiger partial charge on any atom is 0.216 e. The zero-order valence-corrected chi connectivity index (χ0v) is 14.4. The Balaban J connectivity index is 1.74. The van der Waals surface area contributed by atoms with E-state index in [0.717, 1.165) is 11.9 Å². The number of nitrogens with one attached hydrogen (secondary N) is 1. The molecule has 0 aromatic rings. The van der Waals surface area contributed by atoms with Gasteiger partial charge in [0, 0.05) is 25.3 Å². The Bertz CT molecular complexity index is 308. The highest BCUT2D eigenvalue weighted by Gasteiger charge is 2.33. The first-order valence-corrected chi connectivity index (χ1v) is 9.28. The molecule has 1 saturated carbocycles. The summed E-state index contributed by atoms with van der Waals surface area (Å²) in [5, 5.41) is 4.12. The zero-order chi connectivity index (χ0) is 14.4. The fourth-order valence-electron chi connectivity index (χ4n) is 3.75. The largest absolute Gasteiger partial charge is 0.356 e. The van der Waals surface area contributed by atoms with Crippen LogP contribution in [0.3, 0.4) is 0 Å². The number of carbonyl (C=O) groups is 1. The van der Waals surface area contributed by atoms with E-state index in [1.165, 1.54) is 64.6 Å². The first kappa shape index (κ1) is 16.3. The minimum absolute atomic E-state index is 0.105. The topological polar surface area (TPSA) is 32.3 Å². The van der Waals surface area contributed by atoms with E-state index in [2.05, 4.69) is 26.1 Å². The molecule has 1 aliphatic carbocycles. The third-order valence-electron chi connectivity index (χ3n) is 5.10. The summed E-state index contributed by atoms with van der Waals surface area (Å²) in [6, 6.07) is 0. The van der Waals surface area contributed by atoms with Gasteiger partial charge in [0.15, 0.2) is 0 Å². The van der Waals surface area contributed by atoms with Crippen molar-refractivity contribution in [2.24, 2.45) is 11.3 Å². The molecule has 20 heavy (non-hydrogen) atoms. The average Bonchev–Trinajstić information content (AvgIpc) is 2.47. The molecule has 2 aliphatic rings. The summed E-state index contributed by atoms with van der Waals surface area (Å²) in [6.07, 6.45) is 9.49. The van der Waals surface area contributed by atoms with E-state index in [9.17, 15) is 4.79 Å². The summed E-state index contributed by atoms with van der Waals surface area (Å²) >= 11 is 3.77. The minimum Gasteiger partial charge on any atom is -0.356 e. The van der Waals surface area contributed by atoms with Gasteiger partial charge in [-0.15, -0.1) is 0 Å². The van der Waals surface area contributed by atoms with Gasteiger partial charge in [-0.2, -0.15) is 0 Å². The molecule has 2 fully saturated rings. The Morgan fingerprint density at radius 3 is 2.45 bits per heavy atom. The maximum atomic E-state index is 11.0. The summed E-state index contributed by atoms with van der Waals surface area (Å²) in [6.45, 7) is 6.16. The number of alkyl halides is 1. The smallest absolute Gasteiger partial charge is 0.216 e. The molecule has 0 spiro atoms. The van der Waals surface area contributed by atoms with Crippen molar-refractivity contribution >= 4 is 21.8 Å². The van der Waals surface area contributed by atoms with Crippen LogP contribution in [0.15, 0.2) is 0 Å². The van der Waals surface area contributed by atoms with E-state index in [4.69, 9.17) is 0 Å². The van der Waals surface area contributed by atoms with Crippen LogP contribution in [0.25, 0.3) is 0 Å². The van der Waals surface area contributed by atoms with Crippen molar-refractivity contribution in [1.29, 1.82) is 0 Å². The number of carbonyl (C=O) groups excluding carboxylic acids is 1. The molecule has 0 radical (unpaired) electrons. The van der Waals surface area contributed by atoms with Crippen LogP contribution in [0.4, 0.5) is 0 Å². The third-order valence-corrected chi connectivity index (χ3v) is 6.29. The van der Waals surface area contributed by atoms with Crippen molar-refractivity contribution in [3.63, 3.8) is 0 Å². The van der Waals surface area contributed by atoms with Crippen molar-refractivity contribution in [1.82, 2.24) is 10.2 Å². The SMILES string of the molecule is CC(=O)NCC1CCN(CC2(CBr)CCCCC2)CC1. The van der Waals surface area contributed by atoms with Gasteiger partial charge in [0.2, 0.25) is 5.91 Å². The van der Waals surface area contributed by atoms with E-state index < -0.39 is 0 Å². The summed E-state index contributed by atoms with van der Waals surface area (Å²) in [5.41, 5.74) is 0.530. The number of likely N-dealkylation sites (tertiary alicyclic amines) is 1. The van der Waals surface area contributed by atoms with Crippen molar-refractivity contribution in [3.05, 3.63) is 0 Å². The molecule has 0 atom stereocenters. The van der Waals surface area contributed by atoms with Crippen molar-refractivity contribution in [3.8, 4) is 0 Å². The van der Waals surface area contributed by atoms with E-state index in [1.54, 1.807) is 6.92 Å². The fraction of sp³-hybridized carbons (Fsp3) is 0.938. The normalized spacial score (nSPS) is 24.5. The molecule has 0 bridgehead atoms. The Morgan fingerprint density at radius 2 is 1.90 bits per heavy atom. The molecule has 1 N–H and O–H groups in total. The molecular formula is C16H29BrN2O. The molecule has 0 unspecified atom stereocenters. The van der Waals surface area contributed by atoms with Crippen LogP contribution in [0.1, 0.15) is 51.9 Å². The van der Waals surface area contributed by atoms with Crippen LogP contribution in [0, 0.1) is 11.3 Å². The molecule has 116 valence electrons. The minimum atomic E-state index is 0.105. The Labute approximate surface area is 132 Å². The maximum absolute atomic E-state index is 11.0. The van der Waals surface area contributed by atoms with Gasteiger partial charge in [0.1, 0.15) is 0 Å². The number of piperidine rings is 1. The van der Waals surface area contributed by atoms with Gasteiger partial charge >= 0.3 is 0 Å². The summed E-state index contributed by atoms with van der Waals surface area (Å²) in [5.74, 6) is 0.786. The number of halogens is 1. The Hall–Kier alpha value is -0.0900. The molecule has 2 rings (SSSR count). The first-order valence-electron chi connectivity index (χ1n) is 8.16. The van der Waals surface area contributed by atoms with Gasteiger partial charge in [-0.1, -0.05) is 35.2 Å². The highest BCUT2D eigenvalue weighted by molar-refractivity contribution is 9.09. The number of rotatable bonds is 5. The van der Waals surface area contributed by atoms with Gasteiger partial charge in [0.05, 0.1) is 0 Å². The summed E-state index contributed by atoms with van der Waals surface area (Å²) < 4.78 is 0. The van der Waals surface area contributed by atoms with Gasteiger partial charge in [0.25, 0.3) is 0 Å². The summed E-state index contributed by atoms with van der Waals surface area (Å²) in [7, 11) is 0. The van der Waals surface area contributed by atoms with Crippen molar-refractivity contribution < 1.29 is 4.79 Å². The van der Waals surface area contributed by atoms with Gasteiger partial charge in [-0.05, 0) is 50.1 Å². The highest BCUT2D eigenvalue weighted by atomic mass is 79.9. The van der Waals surface area contributed by atoms with E-state index in [-0.39, 0.29) is 5.91 Å². The summed E-state index contributed by atoms with van der Waals surface area (Å²) in [4.78, 5) is 13.6. The van der Waals surface area contributed by atoms with Crippen LogP contribution in [0.2, 0.25) is 0 Å². The van der Waals surface area contributed by atoms with Gasteiger partial charge < -0.3 is 10.2 Å². The van der Waals surface area contributed by atoms with Crippen molar-refractivity contribution in [2.45, 2.75) is 51.9 Å². The highest BCUT2D eigenvalue weighted by Crippen LogP contribution is 2.39. The second-order valence-corrected chi connectivity index (χ2v) is 7.41. The number of amides is 1. The predicted octanol–water partition coefficient (Wildman–Crippen LogP) is 3.18. The fourth-order valence-corrected chi connectivity index (χ4v) is 4.48. The van der Waals surface area contributed by atoms with Gasteiger partial charge in [-0.25, -0.2) is 0 Å².